The molecule has 18 heavy (non-hydrogen) atoms. The minimum Gasteiger partial charge on any atom is -0.347 e. The minimum atomic E-state index is -0.0637. The van der Waals surface area contributed by atoms with Gasteiger partial charge in [0.2, 0.25) is 5.91 Å². The molecule has 1 aromatic heterocycles. The molecular formula is C12H17IN2O2S. The van der Waals surface area contributed by atoms with Crippen molar-refractivity contribution in [2.24, 2.45) is 0 Å². The molecule has 0 saturated heterocycles. The van der Waals surface area contributed by atoms with Gasteiger partial charge >= 0.3 is 0 Å². The molecule has 2 amide bonds. The summed E-state index contributed by atoms with van der Waals surface area (Å²) in [6.07, 6.45) is 0.841. The molecule has 0 bridgehead atoms. The summed E-state index contributed by atoms with van der Waals surface area (Å²) in [5.74, 6) is -0.118. The number of hydrogen-bond acceptors (Lipinski definition) is 3. The Morgan fingerprint density at radius 1 is 1.39 bits per heavy atom. The van der Waals surface area contributed by atoms with Crippen LogP contribution >= 0.6 is 33.9 Å². The van der Waals surface area contributed by atoms with Crippen LogP contribution in [0.4, 0.5) is 0 Å². The number of carbonyl (C=O) groups excluding carboxylic acids is 2. The first kappa shape index (κ1) is 15.4. The normalized spacial score (nSPS) is 10.2. The molecule has 100 valence electrons. The van der Waals surface area contributed by atoms with Crippen molar-refractivity contribution in [3.63, 3.8) is 0 Å². The lowest BCUT2D eigenvalue weighted by Crippen LogP contribution is -2.40. The number of carbonyl (C=O) groups is 2. The van der Waals surface area contributed by atoms with Crippen LogP contribution in [-0.4, -0.2) is 48.8 Å². The molecule has 0 unspecified atom stereocenters. The summed E-state index contributed by atoms with van der Waals surface area (Å²) < 4.78 is 1.08. The quantitative estimate of drug-likeness (QED) is 0.736. The Morgan fingerprint density at radius 3 is 2.50 bits per heavy atom. The van der Waals surface area contributed by atoms with Crippen LogP contribution in [0, 0.1) is 2.88 Å². The molecule has 0 N–H and O–H groups in total. The maximum absolute atomic E-state index is 12.3. The van der Waals surface area contributed by atoms with Crippen LogP contribution in [0.15, 0.2) is 11.4 Å². The van der Waals surface area contributed by atoms with E-state index in [9.17, 15) is 9.59 Å². The number of rotatable bonds is 5. The van der Waals surface area contributed by atoms with Crippen LogP contribution in [0.25, 0.3) is 0 Å². The van der Waals surface area contributed by atoms with Gasteiger partial charge in [-0.25, -0.2) is 0 Å². The van der Waals surface area contributed by atoms with E-state index in [1.807, 2.05) is 18.4 Å². The molecule has 0 spiro atoms. The van der Waals surface area contributed by atoms with Crippen LogP contribution in [0.2, 0.25) is 0 Å². The zero-order valence-electron chi connectivity index (χ0n) is 10.8. The number of likely N-dealkylation sites (N-methyl/N-ethyl adjacent to an activating group) is 1. The summed E-state index contributed by atoms with van der Waals surface area (Å²) in [5, 5.41) is 1.84. The molecule has 6 heteroatoms. The third-order valence-electron chi connectivity index (χ3n) is 2.42. The highest BCUT2D eigenvalue weighted by molar-refractivity contribution is 14.1. The number of halogens is 1. The fourth-order valence-corrected chi connectivity index (χ4v) is 2.75. The summed E-state index contributed by atoms with van der Waals surface area (Å²) in [6, 6.07) is 1.86. The first-order valence-corrected chi connectivity index (χ1v) is 7.65. The Balaban J connectivity index is 2.78. The van der Waals surface area contributed by atoms with Gasteiger partial charge in [0.15, 0.2) is 0 Å². The second-order valence-electron chi connectivity index (χ2n) is 4.15. The van der Waals surface area contributed by atoms with Crippen LogP contribution in [-0.2, 0) is 4.79 Å². The van der Waals surface area contributed by atoms with Crippen molar-refractivity contribution in [2.45, 2.75) is 13.3 Å². The van der Waals surface area contributed by atoms with Gasteiger partial charge in [0.1, 0.15) is 6.54 Å². The molecule has 0 radical (unpaired) electrons. The number of amides is 2. The van der Waals surface area contributed by atoms with E-state index in [1.54, 1.807) is 19.0 Å². The van der Waals surface area contributed by atoms with Crippen molar-refractivity contribution >= 4 is 45.7 Å². The van der Waals surface area contributed by atoms with Crippen molar-refractivity contribution in [2.75, 3.05) is 27.2 Å². The van der Waals surface area contributed by atoms with Crippen molar-refractivity contribution in [1.82, 2.24) is 9.80 Å². The SMILES string of the molecule is CCCN(CC(=O)N(C)C)C(=O)c1csc(I)c1. The zero-order valence-corrected chi connectivity index (χ0v) is 13.7. The molecule has 0 aliphatic carbocycles. The molecule has 4 nitrogen and oxygen atoms in total. The second kappa shape index (κ2) is 7.08. The Kier molecular flexibility index (Phi) is 6.07. The summed E-state index contributed by atoms with van der Waals surface area (Å²) in [5.41, 5.74) is 0.671. The van der Waals surface area contributed by atoms with E-state index >= 15 is 0 Å². The molecule has 1 heterocycles. The van der Waals surface area contributed by atoms with Crippen LogP contribution in [0.5, 0.6) is 0 Å². The van der Waals surface area contributed by atoms with Gasteiger partial charge in [-0.05, 0) is 35.1 Å². The fourth-order valence-electron chi connectivity index (χ4n) is 1.43. The maximum atomic E-state index is 12.3. The Bertz CT molecular complexity index is 431. The van der Waals surface area contributed by atoms with E-state index in [0.717, 1.165) is 9.30 Å². The zero-order chi connectivity index (χ0) is 13.7. The minimum absolute atomic E-state index is 0.0540. The highest BCUT2D eigenvalue weighted by atomic mass is 127. The van der Waals surface area contributed by atoms with Gasteiger partial charge in [0, 0.05) is 26.0 Å². The molecule has 0 aliphatic heterocycles. The third-order valence-corrected chi connectivity index (χ3v) is 4.21. The van der Waals surface area contributed by atoms with Crippen LogP contribution < -0.4 is 0 Å². The van der Waals surface area contributed by atoms with E-state index in [4.69, 9.17) is 0 Å². The highest BCUT2D eigenvalue weighted by Crippen LogP contribution is 2.18. The Hall–Kier alpha value is -0.630. The average molecular weight is 380 g/mol. The number of nitrogens with zero attached hydrogens (tertiary/aromatic N) is 2. The maximum Gasteiger partial charge on any atom is 0.255 e. The van der Waals surface area contributed by atoms with E-state index in [-0.39, 0.29) is 18.4 Å². The monoisotopic (exact) mass is 380 g/mol. The largest absolute Gasteiger partial charge is 0.347 e. The van der Waals surface area contributed by atoms with Crippen LogP contribution in [0.1, 0.15) is 23.7 Å². The Labute approximate surface area is 125 Å². The van der Waals surface area contributed by atoms with E-state index < -0.39 is 0 Å². The molecule has 0 atom stereocenters. The average Bonchev–Trinajstić information content (AvgIpc) is 2.74. The molecular weight excluding hydrogens is 363 g/mol. The van der Waals surface area contributed by atoms with Crippen molar-refractivity contribution in [3.8, 4) is 0 Å². The fraction of sp³-hybridized carbons (Fsp3) is 0.500. The number of hydrogen-bond donors (Lipinski definition) is 0. The van der Waals surface area contributed by atoms with E-state index in [0.29, 0.717) is 12.1 Å². The summed E-state index contributed by atoms with van der Waals surface area (Å²) >= 11 is 3.72. The Morgan fingerprint density at radius 2 is 2.06 bits per heavy atom. The predicted octanol–water partition coefficient (Wildman–Crippen LogP) is 2.29. The number of thiophene rings is 1. The van der Waals surface area contributed by atoms with Gasteiger partial charge < -0.3 is 9.80 Å². The summed E-state index contributed by atoms with van der Waals surface area (Å²) in [6.45, 7) is 2.74. The molecule has 0 fully saturated rings. The lowest BCUT2D eigenvalue weighted by molar-refractivity contribution is -0.129. The van der Waals surface area contributed by atoms with Gasteiger partial charge in [-0.1, -0.05) is 6.92 Å². The summed E-state index contributed by atoms with van der Waals surface area (Å²) in [7, 11) is 3.40. The topological polar surface area (TPSA) is 40.6 Å². The first-order chi connectivity index (χ1) is 8.45. The molecule has 0 aliphatic rings. The molecule has 0 saturated carbocycles. The third kappa shape index (κ3) is 4.24. The highest BCUT2D eigenvalue weighted by Gasteiger charge is 2.19. The van der Waals surface area contributed by atoms with Gasteiger partial charge in [-0.15, -0.1) is 11.3 Å². The smallest absolute Gasteiger partial charge is 0.255 e. The summed E-state index contributed by atoms with van der Waals surface area (Å²) in [4.78, 5) is 27.1. The van der Waals surface area contributed by atoms with Crippen molar-refractivity contribution < 1.29 is 9.59 Å². The standard InChI is InChI=1S/C12H17IN2O2S/c1-4-5-15(7-11(16)14(2)3)12(17)9-6-10(13)18-8-9/h6,8H,4-5,7H2,1-3H3. The lowest BCUT2D eigenvalue weighted by Gasteiger charge is -2.22. The predicted molar refractivity (Wildman–Crippen MR) is 81.9 cm³/mol. The first-order valence-electron chi connectivity index (χ1n) is 5.69. The van der Waals surface area contributed by atoms with Gasteiger partial charge in [0.25, 0.3) is 5.91 Å². The van der Waals surface area contributed by atoms with E-state index in [2.05, 4.69) is 22.6 Å². The van der Waals surface area contributed by atoms with Gasteiger partial charge in [-0.2, -0.15) is 0 Å². The molecule has 1 rings (SSSR count). The van der Waals surface area contributed by atoms with Crippen molar-refractivity contribution in [3.05, 3.63) is 19.9 Å². The van der Waals surface area contributed by atoms with Gasteiger partial charge in [0.05, 0.1) is 8.45 Å². The van der Waals surface area contributed by atoms with Crippen LogP contribution in [0.3, 0.4) is 0 Å². The molecule has 1 aromatic rings. The molecule has 0 aromatic carbocycles. The van der Waals surface area contributed by atoms with Gasteiger partial charge in [-0.3, -0.25) is 9.59 Å². The lowest BCUT2D eigenvalue weighted by atomic mass is 10.2. The second-order valence-corrected chi connectivity index (χ2v) is 6.96. The van der Waals surface area contributed by atoms with E-state index in [1.165, 1.54) is 16.2 Å². The van der Waals surface area contributed by atoms with Crippen molar-refractivity contribution in [1.29, 1.82) is 0 Å².